The standard InChI is InChI=1S/C14H11NS2/c1-10-15-14(9-17-10)12-4-2-11(3-5-12)13-6-7-16-8-13/h2-9H,1H3. The molecule has 0 bridgehead atoms. The van der Waals surface area contributed by atoms with Gasteiger partial charge in [0.25, 0.3) is 0 Å². The molecule has 0 saturated heterocycles. The Kier molecular flexibility index (Phi) is 2.79. The van der Waals surface area contributed by atoms with Crippen LogP contribution in [0.4, 0.5) is 0 Å². The maximum atomic E-state index is 4.49. The first-order valence-electron chi connectivity index (χ1n) is 5.38. The van der Waals surface area contributed by atoms with Gasteiger partial charge in [0.15, 0.2) is 0 Å². The third-order valence-corrected chi connectivity index (χ3v) is 4.11. The van der Waals surface area contributed by atoms with E-state index in [1.165, 1.54) is 16.7 Å². The van der Waals surface area contributed by atoms with Crippen LogP contribution in [0.3, 0.4) is 0 Å². The quantitative estimate of drug-likeness (QED) is 0.639. The number of aromatic nitrogens is 1. The van der Waals surface area contributed by atoms with Crippen molar-refractivity contribution < 1.29 is 0 Å². The van der Waals surface area contributed by atoms with Crippen molar-refractivity contribution in [1.82, 2.24) is 4.98 Å². The molecule has 0 N–H and O–H groups in total. The fourth-order valence-electron chi connectivity index (χ4n) is 1.76. The van der Waals surface area contributed by atoms with Crippen LogP contribution in [-0.4, -0.2) is 4.98 Å². The molecular formula is C14H11NS2. The molecule has 3 rings (SSSR count). The molecule has 84 valence electrons. The Morgan fingerprint density at radius 2 is 1.65 bits per heavy atom. The molecule has 0 amide bonds. The van der Waals surface area contributed by atoms with Gasteiger partial charge in [0.2, 0.25) is 0 Å². The molecule has 3 aromatic rings. The number of hydrogen-bond acceptors (Lipinski definition) is 3. The van der Waals surface area contributed by atoms with Crippen LogP contribution in [0.2, 0.25) is 0 Å². The molecule has 2 heterocycles. The Hall–Kier alpha value is -1.45. The molecule has 2 aromatic heterocycles. The van der Waals surface area contributed by atoms with Crippen molar-refractivity contribution in [2.24, 2.45) is 0 Å². The molecule has 0 fully saturated rings. The number of hydrogen-bond donors (Lipinski definition) is 0. The zero-order chi connectivity index (χ0) is 11.7. The average molecular weight is 257 g/mol. The molecule has 1 nitrogen and oxygen atoms in total. The van der Waals surface area contributed by atoms with Crippen LogP contribution in [0.1, 0.15) is 5.01 Å². The first-order chi connectivity index (χ1) is 8.33. The van der Waals surface area contributed by atoms with Crippen molar-refractivity contribution in [3.05, 3.63) is 51.5 Å². The molecule has 0 aliphatic heterocycles. The SMILES string of the molecule is Cc1nc(-c2ccc(-c3ccsc3)cc2)cs1. The second-order valence-corrected chi connectivity index (χ2v) is 5.68. The third-order valence-electron chi connectivity index (χ3n) is 2.65. The maximum Gasteiger partial charge on any atom is 0.0901 e. The normalized spacial score (nSPS) is 10.6. The van der Waals surface area contributed by atoms with Gasteiger partial charge in [-0.3, -0.25) is 0 Å². The van der Waals surface area contributed by atoms with Gasteiger partial charge in [-0.15, -0.1) is 11.3 Å². The van der Waals surface area contributed by atoms with E-state index in [-0.39, 0.29) is 0 Å². The molecule has 0 aliphatic rings. The van der Waals surface area contributed by atoms with Crippen molar-refractivity contribution in [3.8, 4) is 22.4 Å². The van der Waals surface area contributed by atoms with Gasteiger partial charge in [-0.05, 0) is 34.9 Å². The first-order valence-corrected chi connectivity index (χ1v) is 7.20. The maximum absolute atomic E-state index is 4.49. The summed E-state index contributed by atoms with van der Waals surface area (Å²) in [5, 5.41) is 7.49. The van der Waals surface area contributed by atoms with Gasteiger partial charge in [-0.2, -0.15) is 11.3 Å². The lowest BCUT2D eigenvalue weighted by molar-refractivity contribution is 1.30. The summed E-state index contributed by atoms with van der Waals surface area (Å²) < 4.78 is 0. The summed E-state index contributed by atoms with van der Waals surface area (Å²) in [6.07, 6.45) is 0. The number of rotatable bonds is 2. The van der Waals surface area contributed by atoms with E-state index in [1.807, 2.05) is 6.92 Å². The molecule has 0 aliphatic carbocycles. The fourth-order valence-corrected chi connectivity index (χ4v) is 3.05. The van der Waals surface area contributed by atoms with E-state index >= 15 is 0 Å². The number of nitrogens with zero attached hydrogens (tertiary/aromatic N) is 1. The van der Waals surface area contributed by atoms with Gasteiger partial charge in [-0.1, -0.05) is 24.3 Å². The zero-order valence-corrected chi connectivity index (χ0v) is 11.0. The van der Waals surface area contributed by atoms with Gasteiger partial charge in [-0.25, -0.2) is 4.98 Å². The summed E-state index contributed by atoms with van der Waals surface area (Å²) in [6.45, 7) is 2.04. The molecule has 1 aromatic carbocycles. The Morgan fingerprint density at radius 1 is 0.882 bits per heavy atom. The lowest BCUT2D eigenvalue weighted by Gasteiger charge is -2.00. The van der Waals surface area contributed by atoms with Crippen molar-refractivity contribution in [2.45, 2.75) is 6.92 Å². The highest BCUT2D eigenvalue weighted by Gasteiger charge is 2.03. The van der Waals surface area contributed by atoms with E-state index in [4.69, 9.17) is 0 Å². The molecule has 0 saturated carbocycles. The molecule has 0 spiro atoms. The van der Waals surface area contributed by atoms with Crippen LogP contribution in [0.5, 0.6) is 0 Å². The van der Waals surface area contributed by atoms with Crippen molar-refractivity contribution in [2.75, 3.05) is 0 Å². The average Bonchev–Trinajstić information content (AvgIpc) is 3.00. The number of aryl methyl sites for hydroxylation is 1. The largest absolute Gasteiger partial charge is 0.242 e. The summed E-state index contributed by atoms with van der Waals surface area (Å²) in [4.78, 5) is 4.49. The third kappa shape index (κ3) is 2.16. The molecule has 0 radical (unpaired) electrons. The Bertz CT molecular complexity index is 606. The van der Waals surface area contributed by atoms with E-state index in [0.29, 0.717) is 0 Å². The van der Waals surface area contributed by atoms with Gasteiger partial charge >= 0.3 is 0 Å². The van der Waals surface area contributed by atoms with Crippen LogP contribution in [0.25, 0.3) is 22.4 Å². The summed E-state index contributed by atoms with van der Waals surface area (Å²) in [6, 6.07) is 10.7. The van der Waals surface area contributed by atoms with E-state index in [1.54, 1.807) is 22.7 Å². The fraction of sp³-hybridized carbons (Fsp3) is 0.0714. The van der Waals surface area contributed by atoms with Gasteiger partial charge in [0, 0.05) is 10.9 Å². The van der Waals surface area contributed by atoms with Crippen LogP contribution >= 0.6 is 22.7 Å². The highest BCUT2D eigenvalue weighted by Crippen LogP contribution is 2.26. The lowest BCUT2D eigenvalue weighted by atomic mass is 10.1. The molecule has 17 heavy (non-hydrogen) atoms. The Labute approximate surface area is 108 Å². The highest BCUT2D eigenvalue weighted by atomic mass is 32.1. The minimum absolute atomic E-state index is 1.07. The van der Waals surface area contributed by atoms with Crippen molar-refractivity contribution in [3.63, 3.8) is 0 Å². The van der Waals surface area contributed by atoms with E-state index < -0.39 is 0 Å². The first kappa shape index (κ1) is 10.7. The second kappa shape index (κ2) is 4.43. The van der Waals surface area contributed by atoms with Crippen LogP contribution in [0, 0.1) is 6.92 Å². The monoisotopic (exact) mass is 257 g/mol. The summed E-state index contributed by atoms with van der Waals surface area (Å²) in [5.41, 5.74) is 4.82. The van der Waals surface area contributed by atoms with Gasteiger partial charge in [0.1, 0.15) is 0 Å². The number of thiophene rings is 1. The van der Waals surface area contributed by atoms with Crippen LogP contribution in [0.15, 0.2) is 46.5 Å². The predicted octanol–water partition coefficient (Wildman–Crippen LogP) is 4.85. The smallest absolute Gasteiger partial charge is 0.0901 e. The minimum Gasteiger partial charge on any atom is -0.242 e. The van der Waals surface area contributed by atoms with E-state index in [0.717, 1.165) is 10.7 Å². The molecular weight excluding hydrogens is 246 g/mol. The Balaban J connectivity index is 1.95. The molecule has 0 atom stereocenters. The summed E-state index contributed by atoms with van der Waals surface area (Å²) in [7, 11) is 0. The predicted molar refractivity (Wildman–Crippen MR) is 75.6 cm³/mol. The zero-order valence-electron chi connectivity index (χ0n) is 9.38. The summed E-state index contributed by atoms with van der Waals surface area (Å²) in [5.74, 6) is 0. The molecule has 3 heteroatoms. The molecule has 0 unspecified atom stereocenters. The van der Waals surface area contributed by atoms with Gasteiger partial charge < -0.3 is 0 Å². The minimum atomic E-state index is 1.07. The van der Waals surface area contributed by atoms with Crippen molar-refractivity contribution >= 4 is 22.7 Å². The Morgan fingerprint density at radius 3 is 2.24 bits per heavy atom. The second-order valence-electron chi connectivity index (χ2n) is 3.84. The topological polar surface area (TPSA) is 12.9 Å². The highest BCUT2D eigenvalue weighted by molar-refractivity contribution is 7.09. The lowest BCUT2D eigenvalue weighted by Crippen LogP contribution is -1.79. The van der Waals surface area contributed by atoms with Crippen molar-refractivity contribution in [1.29, 1.82) is 0 Å². The van der Waals surface area contributed by atoms with Crippen LogP contribution in [-0.2, 0) is 0 Å². The van der Waals surface area contributed by atoms with E-state index in [2.05, 4.69) is 51.5 Å². The number of thiazole rings is 1. The summed E-state index contributed by atoms with van der Waals surface area (Å²) >= 11 is 3.42. The number of benzene rings is 1. The van der Waals surface area contributed by atoms with Gasteiger partial charge in [0.05, 0.1) is 10.7 Å². The van der Waals surface area contributed by atoms with E-state index in [9.17, 15) is 0 Å². The van der Waals surface area contributed by atoms with Crippen LogP contribution < -0.4 is 0 Å².